The highest BCUT2D eigenvalue weighted by Gasteiger charge is 2.30. The zero-order chi connectivity index (χ0) is 13.7. The molecule has 2 atom stereocenters. The van der Waals surface area contributed by atoms with Crippen LogP contribution in [0.4, 0.5) is 0 Å². The molecule has 1 nitrogen and oxygen atoms in total. The molecule has 0 fully saturated rings. The summed E-state index contributed by atoms with van der Waals surface area (Å²) in [6.45, 7) is 8.10. The smallest absolute Gasteiger partial charge is 0.0101 e. The van der Waals surface area contributed by atoms with E-state index in [2.05, 4.69) is 50.4 Å². The quantitative estimate of drug-likeness (QED) is 0.723. The third-order valence-electron chi connectivity index (χ3n) is 4.77. The van der Waals surface area contributed by atoms with Gasteiger partial charge in [0.05, 0.1) is 0 Å². The van der Waals surface area contributed by atoms with Crippen molar-refractivity contribution in [2.45, 2.75) is 64.8 Å². The van der Waals surface area contributed by atoms with Crippen LogP contribution < -0.4 is 5.32 Å². The lowest BCUT2D eigenvalue weighted by atomic mass is 9.72. The Balaban J connectivity index is 1.97. The molecule has 1 aromatic rings. The molecule has 1 aliphatic carbocycles. The lowest BCUT2D eigenvalue weighted by Gasteiger charge is -2.36. The number of nitrogens with one attached hydrogen (secondary N) is 1. The highest BCUT2D eigenvalue weighted by atomic mass is 14.9. The second-order valence-corrected chi connectivity index (χ2v) is 5.97. The van der Waals surface area contributed by atoms with Crippen molar-refractivity contribution in [1.82, 2.24) is 5.32 Å². The summed E-state index contributed by atoms with van der Waals surface area (Å²) < 4.78 is 0. The van der Waals surface area contributed by atoms with Gasteiger partial charge in [0.1, 0.15) is 0 Å². The van der Waals surface area contributed by atoms with Crippen molar-refractivity contribution in [2.24, 2.45) is 5.92 Å². The van der Waals surface area contributed by atoms with Gasteiger partial charge in [-0.3, -0.25) is 0 Å². The normalized spacial score (nSPS) is 19.1. The number of hydrogen-bond donors (Lipinski definition) is 1. The first kappa shape index (κ1) is 14.6. The van der Waals surface area contributed by atoms with Gasteiger partial charge in [-0.1, -0.05) is 57.9 Å². The van der Waals surface area contributed by atoms with Gasteiger partial charge < -0.3 is 5.32 Å². The first-order chi connectivity index (χ1) is 9.30. The van der Waals surface area contributed by atoms with Crippen molar-refractivity contribution in [2.75, 3.05) is 6.54 Å². The number of benzene rings is 1. The van der Waals surface area contributed by atoms with E-state index in [1.54, 1.807) is 11.1 Å². The van der Waals surface area contributed by atoms with Crippen LogP contribution in [0.2, 0.25) is 0 Å². The Hall–Kier alpha value is -0.820. The number of fused-ring (bicyclic) bond motifs is 1. The number of hydrogen-bond acceptors (Lipinski definition) is 1. The summed E-state index contributed by atoms with van der Waals surface area (Å²) in [5.74, 6) is 1.63. The summed E-state index contributed by atoms with van der Waals surface area (Å²) in [5.41, 5.74) is 3.18. The first-order valence-electron chi connectivity index (χ1n) is 8.11. The lowest BCUT2D eigenvalue weighted by Crippen LogP contribution is -2.39. The summed E-state index contributed by atoms with van der Waals surface area (Å²) in [5, 5.41) is 3.80. The molecule has 1 aromatic carbocycles. The standard InChI is InChI=1S/C18H29N/c1-4-11-19-18(14(5-2)6-3)13-16-12-15-9-7-8-10-17(15)16/h7-10,14,16,18-19H,4-6,11-13H2,1-3H3. The fourth-order valence-corrected chi connectivity index (χ4v) is 3.51. The number of rotatable bonds is 8. The second-order valence-electron chi connectivity index (χ2n) is 5.97. The van der Waals surface area contributed by atoms with E-state index in [0.29, 0.717) is 6.04 Å². The van der Waals surface area contributed by atoms with Crippen molar-refractivity contribution >= 4 is 0 Å². The monoisotopic (exact) mass is 259 g/mol. The van der Waals surface area contributed by atoms with Gasteiger partial charge in [0.15, 0.2) is 0 Å². The van der Waals surface area contributed by atoms with Crippen molar-refractivity contribution in [3.63, 3.8) is 0 Å². The van der Waals surface area contributed by atoms with Crippen LogP contribution >= 0.6 is 0 Å². The van der Waals surface area contributed by atoms with Gasteiger partial charge in [-0.2, -0.15) is 0 Å². The molecule has 0 spiro atoms. The third kappa shape index (κ3) is 3.39. The van der Waals surface area contributed by atoms with Crippen LogP contribution in [-0.2, 0) is 6.42 Å². The fraction of sp³-hybridized carbons (Fsp3) is 0.667. The highest BCUT2D eigenvalue weighted by molar-refractivity contribution is 5.39. The van der Waals surface area contributed by atoms with Crippen LogP contribution in [0.5, 0.6) is 0 Å². The summed E-state index contributed by atoms with van der Waals surface area (Å²) in [4.78, 5) is 0. The minimum Gasteiger partial charge on any atom is -0.314 e. The second kappa shape index (κ2) is 7.09. The highest BCUT2D eigenvalue weighted by Crippen LogP contribution is 2.39. The van der Waals surface area contributed by atoms with Crippen LogP contribution in [0, 0.1) is 5.92 Å². The predicted molar refractivity (Wildman–Crippen MR) is 83.7 cm³/mol. The molecule has 0 bridgehead atoms. The average Bonchev–Trinajstić information content (AvgIpc) is 2.42. The van der Waals surface area contributed by atoms with E-state index < -0.39 is 0 Å². The first-order valence-corrected chi connectivity index (χ1v) is 8.11. The van der Waals surface area contributed by atoms with Crippen LogP contribution in [-0.4, -0.2) is 12.6 Å². The van der Waals surface area contributed by atoms with Gasteiger partial charge in [0, 0.05) is 6.04 Å². The summed E-state index contributed by atoms with van der Waals surface area (Å²) in [6, 6.07) is 9.68. The lowest BCUT2D eigenvalue weighted by molar-refractivity contribution is 0.293. The van der Waals surface area contributed by atoms with Crippen LogP contribution in [0.15, 0.2) is 24.3 Å². The molecule has 2 unspecified atom stereocenters. The van der Waals surface area contributed by atoms with Crippen LogP contribution in [0.1, 0.15) is 63.5 Å². The van der Waals surface area contributed by atoms with Gasteiger partial charge in [0.2, 0.25) is 0 Å². The average molecular weight is 259 g/mol. The Labute approximate surface area is 118 Å². The van der Waals surface area contributed by atoms with E-state index in [0.717, 1.165) is 18.4 Å². The molecule has 0 amide bonds. The molecule has 0 radical (unpaired) electrons. The molecule has 0 heterocycles. The Bertz CT molecular complexity index is 381. The Morgan fingerprint density at radius 1 is 1.16 bits per heavy atom. The van der Waals surface area contributed by atoms with E-state index in [-0.39, 0.29) is 0 Å². The van der Waals surface area contributed by atoms with Crippen molar-refractivity contribution in [1.29, 1.82) is 0 Å². The molecule has 1 N–H and O–H groups in total. The van der Waals surface area contributed by atoms with Crippen molar-refractivity contribution < 1.29 is 0 Å². The van der Waals surface area contributed by atoms with E-state index in [1.165, 1.54) is 32.1 Å². The molecular formula is C18H29N. The van der Waals surface area contributed by atoms with Gasteiger partial charge in [-0.05, 0) is 48.8 Å². The summed E-state index contributed by atoms with van der Waals surface area (Å²) >= 11 is 0. The summed E-state index contributed by atoms with van der Waals surface area (Å²) in [7, 11) is 0. The van der Waals surface area contributed by atoms with Gasteiger partial charge in [-0.25, -0.2) is 0 Å². The topological polar surface area (TPSA) is 12.0 Å². The van der Waals surface area contributed by atoms with Gasteiger partial charge in [0.25, 0.3) is 0 Å². The van der Waals surface area contributed by atoms with E-state index in [1.807, 2.05) is 0 Å². The Morgan fingerprint density at radius 2 is 1.89 bits per heavy atom. The van der Waals surface area contributed by atoms with Crippen molar-refractivity contribution in [3.05, 3.63) is 35.4 Å². The van der Waals surface area contributed by atoms with E-state index in [4.69, 9.17) is 0 Å². The predicted octanol–water partition coefficient (Wildman–Crippen LogP) is 4.52. The Morgan fingerprint density at radius 3 is 2.53 bits per heavy atom. The van der Waals surface area contributed by atoms with E-state index >= 15 is 0 Å². The maximum atomic E-state index is 3.80. The molecule has 0 saturated heterocycles. The zero-order valence-electron chi connectivity index (χ0n) is 12.8. The van der Waals surface area contributed by atoms with E-state index in [9.17, 15) is 0 Å². The third-order valence-corrected chi connectivity index (χ3v) is 4.77. The molecule has 106 valence electrons. The minimum absolute atomic E-state index is 0.702. The minimum atomic E-state index is 0.702. The molecule has 1 aliphatic rings. The molecule has 0 saturated carbocycles. The zero-order valence-corrected chi connectivity index (χ0v) is 12.8. The molecule has 19 heavy (non-hydrogen) atoms. The largest absolute Gasteiger partial charge is 0.314 e. The molecular weight excluding hydrogens is 230 g/mol. The van der Waals surface area contributed by atoms with Gasteiger partial charge >= 0.3 is 0 Å². The molecule has 1 heteroatoms. The molecule has 0 aliphatic heterocycles. The molecule has 2 rings (SSSR count). The maximum absolute atomic E-state index is 3.80. The SMILES string of the molecule is CCCNC(CC1Cc2ccccc21)C(CC)CC. The van der Waals surface area contributed by atoms with Gasteiger partial charge in [-0.15, -0.1) is 0 Å². The van der Waals surface area contributed by atoms with Crippen LogP contribution in [0.3, 0.4) is 0 Å². The Kier molecular flexibility index (Phi) is 5.45. The van der Waals surface area contributed by atoms with Crippen molar-refractivity contribution in [3.8, 4) is 0 Å². The fourth-order valence-electron chi connectivity index (χ4n) is 3.51. The van der Waals surface area contributed by atoms with Crippen LogP contribution in [0.25, 0.3) is 0 Å². The molecule has 0 aromatic heterocycles. The summed E-state index contributed by atoms with van der Waals surface area (Å²) in [6.07, 6.45) is 6.44. The maximum Gasteiger partial charge on any atom is 0.0101 e.